The average molecular weight is 240 g/mol. The zero-order chi connectivity index (χ0) is 11.0. The zero-order valence-electron chi connectivity index (χ0n) is 8.02. The van der Waals surface area contributed by atoms with E-state index >= 15 is 0 Å². The Kier molecular flexibility index (Phi) is 2.42. The van der Waals surface area contributed by atoms with E-state index in [1.165, 1.54) is 11.3 Å². The summed E-state index contributed by atoms with van der Waals surface area (Å²) in [5, 5.41) is 13.7. The molecule has 0 aliphatic carbocycles. The molecule has 7 heteroatoms. The molecule has 0 amide bonds. The molecule has 5 nitrogen and oxygen atoms in total. The van der Waals surface area contributed by atoms with E-state index in [0.29, 0.717) is 15.8 Å². The highest BCUT2D eigenvalue weighted by atomic mass is 35.5. The number of hydrogen-bond acceptors (Lipinski definition) is 5. The van der Waals surface area contributed by atoms with E-state index in [1.807, 2.05) is 13.0 Å². The molecule has 2 aromatic rings. The Morgan fingerprint density at radius 1 is 1.40 bits per heavy atom. The second-order valence-electron chi connectivity index (χ2n) is 2.85. The summed E-state index contributed by atoms with van der Waals surface area (Å²) in [6, 6.07) is 1.97. The molecule has 0 spiro atoms. The van der Waals surface area contributed by atoms with Crippen molar-refractivity contribution in [2.24, 2.45) is 0 Å². The fraction of sp³-hybridized carbons (Fsp3) is 0.250. The molecule has 0 saturated heterocycles. The summed E-state index contributed by atoms with van der Waals surface area (Å²) in [4.78, 5) is 8.58. The number of thiazole rings is 1. The molecule has 2 aromatic heterocycles. The van der Waals surface area contributed by atoms with E-state index in [0.717, 1.165) is 5.82 Å². The van der Waals surface area contributed by atoms with Gasteiger partial charge in [-0.25, -0.2) is 9.97 Å². The van der Waals surface area contributed by atoms with Crippen LogP contribution in [-0.4, -0.2) is 19.7 Å². The minimum Gasteiger partial charge on any atom is -0.217 e. The highest BCUT2D eigenvalue weighted by molar-refractivity contribution is 7.15. The van der Waals surface area contributed by atoms with E-state index in [2.05, 4.69) is 15.1 Å². The molecule has 0 radical (unpaired) electrons. The largest absolute Gasteiger partial charge is 0.217 e. The Morgan fingerprint density at radius 2 is 2.13 bits per heavy atom. The Hall–Kier alpha value is -1.45. The second-order valence-corrected chi connectivity index (χ2v) is 4.18. The molecular formula is C8H6ClN5S. The lowest BCUT2D eigenvalue weighted by molar-refractivity contribution is 0.823. The predicted molar refractivity (Wildman–Crippen MR) is 56.2 cm³/mol. The first-order chi connectivity index (χ1) is 7.11. The van der Waals surface area contributed by atoms with Gasteiger partial charge in [-0.2, -0.15) is 9.94 Å². The predicted octanol–water partition coefficient (Wildman–Crippen LogP) is 1.87. The highest BCUT2D eigenvalue weighted by Gasteiger charge is 2.13. The van der Waals surface area contributed by atoms with Gasteiger partial charge in [0.2, 0.25) is 5.13 Å². The summed E-state index contributed by atoms with van der Waals surface area (Å²) < 4.78 is 1.58. The molecule has 0 bridgehead atoms. The van der Waals surface area contributed by atoms with Crippen molar-refractivity contribution in [2.45, 2.75) is 13.8 Å². The van der Waals surface area contributed by atoms with E-state index in [-0.39, 0.29) is 5.15 Å². The van der Waals surface area contributed by atoms with Crippen molar-refractivity contribution in [3.63, 3.8) is 0 Å². The van der Waals surface area contributed by atoms with Gasteiger partial charge < -0.3 is 0 Å². The third-order valence-electron chi connectivity index (χ3n) is 1.73. The lowest BCUT2D eigenvalue weighted by atomic mass is 10.6. The summed E-state index contributed by atoms with van der Waals surface area (Å²) in [7, 11) is 0. The molecule has 0 atom stereocenters. The SMILES string of the molecule is Cc1nc(C)n(-c2nc(Cl)c(C#N)s2)n1. The van der Waals surface area contributed by atoms with Gasteiger partial charge in [-0.15, -0.1) is 5.10 Å². The van der Waals surface area contributed by atoms with Crippen LogP contribution in [0.15, 0.2) is 0 Å². The number of halogens is 1. The Labute approximate surface area is 95.0 Å². The standard InChI is InChI=1S/C8H6ClN5S/c1-4-11-5(2)14(13-4)8-12-7(9)6(3-10)15-8/h1-2H3. The van der Waals surface area contributed by atoms with E-state index in [4.69, 9.17) is 16.9 Å². The summed E-state index contributed by atoms with van der Waals surface area (Å²) in [6.45, 7) is 3.62. The smallest absolute Gasteiger partial charge is 0.214 e. The Bertz CT molecular complexity index is 550. The number of hydrogen-bond donors (Lipinski definition) is 0. The van der Waals surface area contributed by atoms with E-state index in [1.54, 1.807) is 11.6 Å². The molecule has 2 rings (SSSR count). The maximum atomic E-state index is 8.74. The van der Waals surface area contributed by atoms with Gasteiger partial charge in [-0.05, 0) is 13.8 Å². The molecule has 0 saturated carbocycles. The van der Waals surface area contributed by atoms with Crippen LogP contribution in [0.2, 0.25) is 5.15 Å². The molecular weight excluding hydrogens is 234 g/mol. The molecule has 2 heterocycles. The molecule has 0 N–H and O–H groups in total. The van der Waals surface area contributed by atoms with Crippen LogP contribution in [-0.2, 0) is 0 Å². The van der Waals surface area contributed by atoms with Crippen LogP contribution in [0.5, 0.6) is 0 Å². The van der Waals surface area contributed by atoms with Crippen LogP contribution in [0.4, 0.5) is 0 Å². The molecule has 15 heavy (non-hydrogen) atoms. The second kappa shape index (κ2) is 3.61. The number of aromatic nitrogens is 4. The molecule has 0 fully saturated rings. The van der Waals surface area contributed by atoms with Crippen molar-refractivity contribution in [1.82, 2.24) is 19.7 Å². The number of nitriles is 1. The number of aryl methyl sites for hydroxylation is 2. The zero-order valence-corrected chi connectivity index (χ0v) is 9.59. The van der Waals surface area contributed by atoms with Crippen LogP contribution >= 0.6 is 22.9 Å². The fourth-order valence-corrected chi connectivity index (χ4v) is 2.20. The lowest BCUT2D eigenvalue weighted by Crippen LogP contribution is -1.98. The normalized spacial score (nSPS) is 10.3. The maximum absolute atomic E-state index is 8.74. The van der Waals surface area contributed by atoms with Gasteiger partial charge in [0.05, 0.1) is 0 Å². The van der Waals surface area contributed by atoms with Crippen molar-refractivity contribution >= 4 is 22.9 Å². The molecule has 0 unspecified atom stereocenters. The first kappa shape index (κ1) is 10.1. The Morgan fingerprint density at radius 3 is 2.60 bits per heavy atom. The summed E-state index contributed by atoms with van der Waals surface area (Å²) >= 11 is 6.97. The minimum absolute atomic E-state index is 0.213. The van der Waals surface area contributed by atoms with Gasteiger partial charge in [0.1, 0.15) is 22.6 Å². The summed E-state index contributed by atoms with van der Waals surface area (Å²) in [6.07, 6.45) is 0. The number of nitrogens with zero attached hydrogens (tertiary/aromatic N) is 5. The van der Waals surface area contributed by atoms with Crippen molar-refractivity contribution in [3.8, 4) is 11.2 Å². The minimum atomic E-state index is 0.213. The molecule has 0 aliphatic heterocycles. The average Bonchev–Trinajstić information content (AvgIpc) is 2.69. The van der Waals surface area contributed by atoms with Crippen molar-refractivity contribution < 1.29 is 0 Å². The van der Waals surface area contributed by atoms with Crippen LogP contribution in [0.3, 0.4) is 0 Å². The topological polar surface area (TPSA) is 67.4 Å². The van der Waals surface area contributed by atoms with Gasteiger partial charge in [-0.1, -0.05) is 22.9 Å². The summed E-state index contributed by atoms with van der Waals surface area (Å²) in [5.74, 6) is 1.39. The van der Waals surface area contributed by atoms with Crippen LogP contribution in [0, 0.1) is 25.2 Å². The fourth-order valence-electron chi connectivity index (χ4n) is 1.15. The number of rotatable bonds is 1. The van der Waals surface area contributed by atoms with Crippen LogP contribution < -0.4 is 0 Å². The third kappa shape index (κ3) is 1.71. The van der Waals surface area contributed by atoms with Crippen LogP contribution in [0.1, 0.15) is 16.5 Å². The quantitative estimate of drug-likeness (QED) is 0.762. The van der Waals surface area contributed by atoms with Gasteiger partial charge >= 0.3 is 0 Å². The molecule has 0 aromatic carbocycles. The van der Waals surface area contributed by atoms with E-state index < -0.39 is 0 Å². The molecule has 0 aliphatic rings. The van der Waals surface area contributed by atoms with Gasteiger partial charge in [0.15, 0.2) is 5.15 Å². The lowest BCUT2D eigenvalue weighted by Gasteiger charge is -1.94. The van der Waals surface area contributed by atoms with Gasteiger partial charge in [-0.3, -0.25) is 0 Å². The first-order valence-corrected chi connectivity index (χ1v) is 5.28. The van der Waals surface area contributed by atoms with Crippen molar-refractivity contribution in [1.29, 1.82) is 5.26 Å². The van der Waals surface area contributed by atoms with Gasteiger partial charge in [0, 0.05) is 0 Å². The monoisotopic (exact) mass is 239 g/mol. The van der Waals surface area contributed by atoms with Crippen molar-refractivity contribution in [3.05, 3.63) is 21.7 Å². The maximum Gasteiger partial charge on any atom is 0.214 e. The van der Waals surface area contributed by atoms with E-state index in [9.17, 15) is 0 Å². The van der Waals surface area contributed by atoms with Crippen molar-refractivity contribution in [2.75, 3.05) is 0 Å². The first-order valence-electron chi connectivity index (χ1n) is 4.09. The van der Waals surface area contributed by atoms with Crippen LogP contribution in [0.25, 0.3) is 5.13 Å². The van der Waals surface area contributed by atoms with Gasteiger partial charge in [0.25, 0.3) is 0 Å². The highest BCUT2D eigenvalue weighted by Crippen LogP contribution is 2.24. The molecule has 76 valence electrons. The summed E-state index contributed by atoms with van der Waals surface area (Å²) in [5.41, 5.74) is 0. The Balaban J connectivity index is 2.55. The third-order valence-corrected chi connectivity index (χ3v) is 3.05.